The van der Waals surface area contributed by atoms with Gasteiger partial charge in [-0.1, -0.05) is 6.07 Å². The van der Waals surface area contributed by atoms with Gasteiger partial charge < -0.3 is 15.5 Å². The predicted octanol–water partition coefficient (Wildman–Crippen LogP) is 1.83. The Hall–Kier alpha value is -4.01. The maximum atomic E-state index is 13.2. The molecule has 1 aromatic carbocycles. The fourth-order valence-electron chi connectivity index (χ4n) is 3.79. The van der Waals surface area contributed by atoms with Gasteiger partial charge in [-0.05, 0) is 36.4 Å². The summed E-state index contributed by atoms with van der Waals surface area (Å²) in [4.78, 5) is 43.3. The Kier molecular flexibility index (Phi) is 5.98. The number of fused-ring (bicyclic) bond motifs is 1. The van der Waals surface area contributed by atoms with Crippen molar-refractivity contribution in [3.8, 4) is 0 Å². The molecule has 0 aliphatic carbocycles. The molecule has 1 aliphatic rings. The second kappa shape index (κ2) is 9.01. The Balaban J connectivity index is 1.51. The van der Waals surface area contributed by atoms with Gasteiger partial charge in [-0.15, -0.1) is 0 Å². The molecule has 9 nitrogen and oxygen atoms in total. The third-order valence-electron chi connectivity index (χ3n) is 5.26. The first-order valence-electron chi connectivity index (χ1n) is 10.3. The van der Waals surface area contributed by atoms with E-state index in [1.54, 1.807) is 47.1 Å². The largest absolute Gasteiger partial charge is 0.350 e. The van der Waals surface area contributed by atoms with E-state index in [1.807, 2.05) is 24.4 Å². The van der Waals surface area contributed by atoms with E-state index in [2.05, 4.69) is 20.7 Å². The number of nitrogens with zero attached hydrogens (tertiary/aromatic N) is 4. The number of pyridine rings is 1. The van der Waals surface area contributed by atoms with Gasteiger partial charge in [0, 0.05) is 56.3 Å². The fourth-order valence-corrected chi connectivity index (χ4v) is 3.79. The van der Waals surface area contributed by atoms with Gasteiger partial charge in [0.1, 0.15) is 0 Å². The summed E-state index contributed by atoms with van der Waals surface area (Å²) in [5.41, 5.74) is 3.40. The Morgan fingerprint density at radius 2 is 1.91 bits per heavy atom. The average Bonchev–Trinajstić information content (AvgIpc) is 3.17. The molecule has 32 heavy (non-hydrogen) atoms. The molecule has 0 saturated heterocycles. The van der Waals surface area contributed by atoms with Crippen LogP contribution in [0.15, 0.2) is 54.9 Å². The van der Waals surface area contributed by atoms with E-state index in [-0.39, 0.29) is 24.3 Å². The quantitative estimate of drug-likeness (QED) is 0.639. The Morgan fingerprint density at radius 1 is 1.12 bits per heavy atom. The minimum atomic E-state index is -0.578. The molecule has 0 unspecified atom stereocenters. The molecule has 0 spiro atoms. The first kappa shape index (κ1) is 21.2. The van der Waals surface area contributed by atoms with Gasteiger partial charge >= 0.3 is 0 Å². The van der Waals surface area contributed by atoms with Crippen molar-refractivity contribution in [2.45, 2.75) is 25.9 Å². The minimum Gasteiger partial charge on any atom is -0.350 e. The maximum Gasteiger partial charge on any atom is 0.254 e. The number of benzene rings is 1. The van der Waals surface area contributed by atoms with Crippen LogP contribution in [0.2, 0.25) is 0 Å². The summed E-state index contributed by atoms with van der Waals surface area (Å²) in [6.45, 7) is 2.33. The first-order chi connectivity index (χ1) is 15.4. The molecule has 1 aliphatic heterocycles. The number of anilines is 1. The van der Waals surface area contributed by atoms with Crippen molar-refractivity contribution in [2.24, 2.45) is 7.05 Å². The van der Waals surface area contributed by atoms with Crippen molar-refractivity contribution < 1.29 is 14.4 Å². The number of amides is 3. The molecule has 2 N–H and O–H groups in total. The van der Waals surface area contributed by atoms with Crippen molar-refractivity contribution in [3.63, 3.8) is 0 Å². The fraction of sp³-hybridized carbons (Fsp3) is 0.261. The Labute approximate surface area is 185 Å². The molecule has 0 bridgehead atoms. The molecule has 0 fully saturated rings. The first-order valence-corrected chi connectivity index (χ1v) is 10.3. The van der Waals surface area contributed by atoms with Crippen LogP contribution in [0.4, 0.5) is 5.69 Å². The number of carbonyl (C=O) groups is 3. The smallest absolute Gasteiger partial charge is 0.254 e. The number of nitrogens with one attached hydrogen (secondary N) is 2. The summed E-state index contributed by atoms with van der Waals surface area (Å²) >= 11 is 0. The normalized spacial score (nSPS) is 15.1. The summed E-state index contributed by atoms with van der Waals surface area (Å²) < 4.78 is 1.67. The lowest BCUT2D eigenvalue weighted by Gasteiger charge is -2.31. The van der Waals surface area contributed by atoms with Crippen LogP contribution in [0.25, 0.3) is 0 Å². The molecule has 9 heteroatoms. The number of hydrogen-bond acceptors (Lipinski definition) is 5. The number of carbonyl (C=O) groups excluding carboxylic acids is 3. The van der Waals surface area contributed by atoms with Crippen molar-refractivity contribution >= 4 is 23.4 Å². The summed E-state index contributed by atoms with van der Waals surface area (Å²) in [5, 5.41) is 10.1. The number of rotatable bonds is 5. The van der Waals surface area contributed by atoms with E-state index >= 15 is 0 Å². The second-order valence-electron chi connectivity index (χ2n) is 7.75. The van der Waals surface area contributed by atoms with Crippen molar-refractivity contribution in [2.75, 3.05) is 11.9 Å². The van der Waals surface area contributed by atoms with Crippen LogP contribution in [0.1, 0.15) is 40.2 Å². The standard InChI is InChI=1S/C23H24N6O3/c1-15(30)26-18-8-6-16(7-9-18)23(32)29-13-17-12-28(2)27-21(17)20(14-29)22(31)25-11-19-5-3-4-10-24-19/h3-10,12,20H,11,13-14H2,1-2H3,(H,25,31)(H,26,30)/t20-/m0/s1. The molecule has 3 heterocycles. The van der Waals surface area contributed by atoms with E-state index in [9.17, 15) is 14.4 Å². The van der Waals surface area contributed by atoms with Gasteiger partial charge in [0.15, 0.2) is 0 Å². The number of aromatic nitrogens is 3. The van der Waals surface area contributed by atoms with Gasteiger partial charge in [0.25, 0.3) is 5.91 Å². The van der Waals surface area contributed by atoms with Crippen LogP contribution < -0.4 is 10.6 Å². The Morgan fingerprint density at radius 3 is 2.59 bits per heavy atom. The molecule has 0 radical (unpaired) electrons. The molecule has 164 valence electrons. The third-order valence-corrected chi connectivity index (χ3v) is 5.26. The van der Waals surface area contributed by atoms with Gasteiger partial charge in [0.2, 0.25) is 11.8 Å². The van der Waals surface area contributed by atoms with E-state index < -0.39 is 5.92 Å². The van der Waals surface area contributed by atoms with Gasteiger partial charge in [0.05, 0.1) is 23.9 Å². The van der Waals surface area contributed by atoms with E-state index in [1.165, 1.54) is 6.92 Å². The molecule has 0 saturated carbocycles. The predicted molar refractivity (Wildman–Crippen MR) is 118 cm³/mol. The molecular weight excluding hydrogens is 408 g/mol. The van der Waals surface area contributed by atoms with E-state index in [0.717, 1.165) is 11.3 Å². The van der Waals surface area contributed by atoms with Gasteiger partial charge in [-0.25, -0.2) is 0 Å². The van der Waals surface area contributed by atoms with Crippen LogP contribution in [-0.2, 0) is 29.7 Å². The molecule has 3 aromatic rings. The monoisotopic (exact) mass is 432 g/mol. The van der Waals surface area contributed by atoms with Crippen LogP contribution >= 0.6 is 0 Å². The average molecular weight is 432 g/mol. The molecule has 2 aromatic heterocycles. The highest BCUT2D eigenvalue weighted by Crippen LogP contribution is 2.28. The molecule has 3 amide bonds. The molecule has 1 atom stereocenters. The number of hydrogen-bond donors (Lipinski definition) is 2. The van der Waals surface area contributed by atoms with Crippen LogP contribution in [0, 0.1) is 0 Å². The molecule has 4 rings (SSSR count). The Bertz CT molecular complexity index is 1140. The zero-order chi connectivity index (χ0) is 22.7. The highest BCUT2D eigenvalue weighted by molar-refractivity contribution is 5.96. The summed E-state index contributed by atoms with van der Waals surface area (Å²) in [7, 11) is 1.80. The maximum absolute atomic E-state index is 13.2. The second-order valence-corrected chi connectivity index (χ2v) is 7.75. The van der Waals surface area contributed by atoms with Crippen molar-refractivity contribution in [1.82, 2.24) is 25.0 Å². The minimum absolute atomic E-state index is 0.177. The zero-order valence-electron chi connectivity index (χ0n) is 17.9. The topological polar surface area (TPSA) is 109 Å². The zero-order valence-corrected chi connectivity index (χ0v) is 17.9. The summed E-state index contributed by atoms with van der Waals surface area (Å²) in [5.74, 6) is -1.14. The van der Waals surface area contributed by atoms with Crippen molar-refractivity contribution in [1.29, 1.82) is 0 Å². The highest BCUT2D eigenvalue weighted by atomic mass is 16.2. The lowest BCUT2D eigenvalue weighted by atomic mass is 9.95. The van der Waals surface area contributed by atoms with E-state index in [0.29, 0.717) is 30.0 Å². The van der Waals surface area contributed by atoms with Crippen molar-refractivity contribution in [3.05, 3.63) is 77.4 Å². The summed E-state index contributed by atoms with van der Waals surface area (Å²) in [6, 6.07) is 12.2. The lowest BCUT2D eigenvalue weighted by molar-refractivity contribution is -0.123. The third kappa shape index (κ3) is 4.66. The highest BCUT2D eigenvalue weighted by Gasteiger charge is 2.35. The van der Waals surface area contributed by atoms with Crippen LogP contribution in [0.5, 0.6) is 0 Å². The SMILES string of the molecule is CC(=O)Nc1ccc(C(=O)N2Cc3cn(C)nc3[C@@H](C(=O)NCc3ccccn3)C2)cc1. The lowest BCUT2D eigenvalue weighted by Crippen LogP contribution is -2.43. The number of aryl methyl sites for hydroxylation is 1. The van der Waals surface area contributed by atoms with Crippen LogP contribution in [0.3, 0.4) is 0 Å². The van der Waals surface area contributed by atoms with E-state index in [4.69, 9.17) is 0 Å². The van der Waals surface area contributed by atoms with Gasteiger partial charge in [-0.3, -0.25) is 24.0 Å². The van der Waals surface area contributed by atoms with Gasteiger partial charge in [-0.2, -0.15) is 5.10 Å². The summed E-state index contributed by atoms with van der Waals surface area (Å²) in [6.07, 6.45) is 3.52. The molecular formula is C23H24N6O3. The van der Waals surface area contributed by atoms with Crippen LogP contribution in [-0.4, -0.2) is 43.9 Å².